The van der Waals surface area contributed by atoms with Gasteiger partial charge in [-0.25, -0.2) is 4.39 Å². The molecule has 3 rings (SSSR count). The standard InChI is InChI=1S/C19H21FN2O2S/c20-16-3-1-14(2-4-16)11-19(9-6-18(24)22-19)8-5-17(23)21-12-15-7-10-25-13-15/h1-4,7,10,13H,5-6,8-9,11-12H2,(H,21,23)(H,22,24). The summed E-state index contributed by atoms with van der Waals surface area (Å²) in [5, 5.41) is 9.95. The highest BCUT2D eigenvalue weighted by Gasteiger charge is 2.37. The predicted octanol–water partition coefficient (Wildman–Crippen LogP) is 3.18. The largest absolute Gasteiger partial charge is 0.352 e. The average molecular weight is 360 g/mol. The van der Waals surface area contributed by atoms with Gasteiger partial charge in [-0.3, -0.25) is 9.59 Å². The number of hydrogen-bond donors (Lipinski definition) is 2. The maximum absolute atomic E-state index is 13.1. The van der Waals surface area contributed by atoms with Crippen LogP contribution in [0.4, 0.5) is 4.39 Å². The lowest BCUT2D eigenvalue weighted by molar-refractivity contribution is -0.122. The van der Waals surface area contributed by atoms with Crippen molar-refractivity contribution in [3.63, 3.8) is 0 Å². The Hall–Kier alpha value is -2.21. The lowest BCUT2D eigenvalue weighted by Gasteiger charge is -2.29. The van der Waals surface area contributed by atoms with Crippen LogP contribution in [0.2, 0.25) is 0 Å². The molecule has 1 aromatic heterocycles. The highest BCUT2D eigenvalue weighted by molar-refractivity contribution is 7.07. The fraction of sp³-hybridized carbons (Fsp3) is 0.368. The Morgan fingerprint density at radius 2 is 2.04 bits per heavy atom. The van der Waals surface area contributed by atoms with Gasteiger partial charge < -0.3 is 10.6 Å². The first-order chi connectivity index (χ1) is 12.0. The zero-order chi connectivity index (χ0) is 17.7. The molecule has 0 bridgehead atoms. The lowest BCUT2D eigenvalue weighted by Crippen LogP contribution is -2.44. The van der Waals surface area contributed by atoms with E-state index in [0.29, 0.717) is 38.6 Å². The number of benzene rings is 1. The molecule has 1 aliphatic heterocycles. The second-order valence-corrected chi connectivity index (χ2v) is 7.32. The van der Waals surface area contributed by atoms with Gasteiger partial charge in [0.25, 0.3) is 0 Å². The summed E-state index contributed by atoms with van der Waals surface area (Å²) in [5.41, 5.74) is 1.63. The number of nitrogens with one attached hydrogen (secondary N) is 2. The topological polar surface area (TPSA) is 58.2 Å². The minimum Gasteiger partial charge on any atom is -0.352 e. The molecule has 1 aromatic carbocycles. The zero-order valence-corrected chi connectivity index (χ0v) is 14.7. The second-order valence-electron chi connectivity index (χ2n) is 6.54. The van der Waals surface area contributed by atoms with E-state index in [1.165, 1.54) is 12.1 Å². The Kier molecular flexibility index (Phi) is 5.48. The third-order valence-corrected chi connectivity index (χ3v) is 5.32. The van der Waals surface area contributed by atoms with Crippen molar-refractivity contribution in [1.82, 2.24) is 10.6 Å². The zero-order valence-electron chi connectivity index (χ0n) is 13.9. The number of amides is 2. The van der Waals surface area contributed by atoms with Gasteiger partial charge in [0.1, 0.15) is 5.82 Å². The Balaban J connectivity index is 1.57. The normalized spacial score (nSPS) is 19.6. The summed E-state index contributed by atoms with van der Waals surface area (Å²) >= 11 is 1.60. The Labute approximate surface area is 150 Å². The molecule has 2 N–H and O–H groups in total. The van der Waals surface area contributed by atoms with Gasteiger partial charge in [0, 0.05) is 24.9 Å². The van der Waals surface area contributed by atoms with Crippen molar-refractivity contribution < 1.29 is 14.0 Å². The molecule has 1 saturated heterocycles. The number of carbonyl (C=O) groups excluding carboxylic acids is 2. The van der Waals surface area contributed by atoms with E-state index in [0.717, 1.165) is 11.1 Å². The van der Waals surface area contributed by atoms with E-state index in [1.54, 1.807) is 23.5 Å². The fourth-order valence-electron chi connectivity index (χ4n) is 3.21. The highest BCUT2D eigenvalue weighted by atomic mass is 32.1. The molecule has 1 atom stereocenters. The summed E-state index contributed by atoms with van der Waals surface area (Å²) in [6.07, 6.45) is 2.70. The molecule has 2 aromatic rings. The van der Waals surface area contributed by atoms with E-state index in [2.05, 4.69) is 10.6 Å². The van der Waals surface area contributed by atoms with Crippen LogP contribution in [0.5, 0.6) is 0 Å². The molecule has 25 heavy (non-hydrogen) atoms. The van der Waals surface area contributed by atoms with Crippen LogP contribution >= 0.6 is 11.3 Å². The number of thiophene rings is 1. The highest BCUT2D eigenvalue weighted by Crippen LogP contribution is 2.29. The lowest BCUT2D eigenvalue weighted by atomic mass is 9.85. The molecule has 132 valence electrons. The SMILES string of the molecule is O=C(CCC1(Cc2ccc(F)cc2)CCC(=O)N1)NCc1ccsc1. The molecule has 0 spiro atoms. The minimum absolute atomic E-state index is 0.0146. The first-order valence-corrected chi connectivity index (χ1v) is 9.32. The van der Waals surface area contributed by atoms with Gasteiger partial charge >= 0.3 is 0 Å². The average Bonchev–Trinajstić information content (AvgIpc) is 3.24. The quantitative estimate of drug-likeness (QED) is 0.797. The van der Waals surface area contributed by atoms with Crippen LogP contribution in [0.1, 0.15) is 36.8 Å². The number of hydrogen-bond acceptors (Lipinski definition) is 3. The number of carbonyl (C=O) groups is 2. The molecule has 1 fully saturated rings. The van der Waals surface area contributed by atoms with Crippen molar-refractivity contribution in [3.8, 4) is 0 Å². The number of rotatable bonds is 7. The Morgan fingerprint density at radius 1 is 1.24 bits per heavy atom. The minimum atomic E-state index is -0.422. The van der Waals surface area contributed by atoms with Crippen LogP contribution in [0.25, 0.3) is 0 Å². The molecule has 2 heterocycles. The van der Waals surface area contributed by atoms with Gasteiger partial charge in [0.2, 0.25) is 11.8 Å². The summed E-state index contributed by atoms with van der Waals surface area (Å²) in [5.74, 6) is -0.285. The third kappa shape index (κ3) is 4.89. The smallest absolute Gasteiger partial charge is 0.220 e. The van der Waals surface area contributed by atoms with Crippen LogP contribution in [-0.2, 0) is 22.6 Å². The van der Waals surface area contributed by atoms with E-state index in [1.807, 2.05) is 16.8 Å². The van der Waals surface area contributed by atoms with E-state index < -0.39 is 5.54 Å². The molecule has 0 saturated carbocycles. The van der Waals surface area contributed by atoms with E-state index in [4.69, 9.17) is 0 Å². The van der Waals surface area contributed by atoms with Gasteiger partial charge in [-0.2, -0.15) is 11.3 Å². The van der Waals surface area contributed by atoms with Gasteiger partial charge in [-0.15, -0.1) is 0 Å². The molecule has 4 nitrogen and oxygen atoms in total. The summed E-state index contributed by atoms with van der Waals surface area (Å²) in [6, 6.07) is 8.30. The van der Waals surface area contributed by atoms with Gasteiger partial charge in [-0.1, -0.05) is 12.1 Å². The molecule has 1 aliphatic rings. The van der Waals surface area contributed by atoms with E-state index in [-0.39, 0.29) is 17.6 Å². The van der Waals surface area contributed by atoms with E-state index in [9.17, 15) is 14.0 Å². The monoisotopic (exact) mass is 360 g/mol. The van der Waals surface area contributed by atoms with Crippen molar-refractivity contribution in [1.29, 1.82) is 0 Å². The number of halogens is 1. The maximum atomic E-state index is 13.1. The van der Waals surface area contributed by atoms with Crippen molar-refractivity contribution in [2.75, 3.05) is 0 Å². The van der Waals surface area contributed by atoms with Crippen molar-refractivity contribution >= 4 is 23.2 Å². The molecule has 1 unspecified atom stereocenters. The van der Waals surface area contributed by atoms with Gasteiger partial charge in [-0.05, 0) is 59.3 Å². The molecule has 0 radical (unpaired) electrons. The maximum Gasteiger partial charge on any atom is 0.220 e. The summed E-state index contributed by atoms with van der Waals surface area (Å²) < 4.78 is 13.1. The molecular weight excluding hydrogens is 339 g/mol. The Morgan fingerprint density at radius 3 is 2.68 bits per heavy atom. The second kappa shape index (κ2) is 7.78. The van der Waals surface area contributed by atoms with Gasteiger partial charge in [0.05, 0.1) is 0 Å². The first-order valence-electron chi connectivity index (χ1n) is 8.38. The summed E-state index contributed by atoms with van der Waals surface area (Å²) in [6.45, 7) is 0.527. The molecule has 6 heteroatoms. The third-order valence-electron chi connectivity index (χ3n) is 4.59. The summed E-state index contributed by atoms with van der Waals surface area (Å²) in [4.78, 5) is 23.9. The van der Waals surface area contributed by atoms with Crippen LogP contribution in [-0.4, -0.2) is 17.4 Å². The van der Waals surface area contributed by atoms with Crippen LogP contribution in [0, 0.1) is 5.82 Å². The first kappa shape index (κ1) is 17.6. The van der Waals surface area contributed by atoms with Crippen LogP contribution in [0.15, 0.2) is 41.1 Å². The molecule has 0 aliphatic carbocycles. The van der Waals surface area contributed by atoms with Crippen molar-refractivity contribution in [2.45, 2.75) is 44.2 Å². The fourth-order valence-corrected chi connectivity index (χ4v) is 3.88. The molecule has 2 amide bonds. The van der Waals surface area contributed by atoms with Crippen molar-refractivity contribution in [2.24, 2.45) is 0 Å². The summed E-state index contributed by atoms with van der Waals surface area (Å²) in [7, 11) is 0. The van der Waals surface area contributed by atoms with E-state index >= 15 is 0 Å². The van der Waals surface area contributed by atoms with Crippen molar-refractivity contribution in [3.05, 3.63) is 58.0 Å². The van der Waals surface area contributed by atoms with Crippen LogP contribution in [0.3, 0.4) is 0 Å². The predicted molar refractivity (Wildman–Crippen MR) is 95.6 cm³/mol. The van der Waals surface area contributed by atoms with Gasteiger partial charge in [0.15, 0.2) is 0 Å². The van der Waals surface area contributed by atoms with Crippen LogP contribution < -0.4 is 10.6 Å². The Bertz CT molecular complexity index is 730. The molecular formula is C19H21FN2O2S.